The third-order valence-corrected chi connectivity index (χ3v) is 4.84. The molecule has 2 aromatic rings. The van der Waals surface area contributed by atoms with E-state index in [1.807, 2.05) is 6.92 Å². The molecule has 2 unspecified atom stereocenters. The van der Waals surface area contributed by atoms with E-state index in [2.05, 4.69) is 32.4 Å². The standard InChI is InChI=1S/C15H17BrClFN2O/c1-9(17)14-19-12-6-10(16)11(18)7-13(12)20(14)15(2)4-3-5-21-8-15/h6-7,9H,3-5,8H2,1-2H3. The van der Waals surface area contributed by atoms with Gasteiger partial charge in [0.25, 0.3) is 0 Å². The first-order valence-electron chi connectivity index (χ1n) is 7.02. The Kier molecular flexibility index (Phi) is 4.01. The highest BCUT2D eigenvalue weighted by atomic mass is 79.9. The Balaban J connectivity index is 2.27. The quantitative estimate of drug-likeness (QED) is 0.707. The summed E-state index contributed by atoms with van der Waals surface area (Å²) in [5.41, 5.74) is 1.27. The summed E-state index contributed by atoms with van der Waals surface area (Å²) in [7, 11) is 0. The van der Waals surface area contributed by atoms with Gasteiger partial charge >= 0.3 is 0 Å². The molecule has 1 aliphatic rings. The van der Waals surface area contributed by atoms with Crippen LogP contribution in [0.2, 0.25) is 0 Å². The Morgan fingerprint density at radius 2 is 2.29 bits per heavy atom. The van der Waals surface area contributed by atoms with E-state index in [-0.39, 0.29) is 16.7 Å². The van der Waals surface area contributed by atoms with Gasteiger partial charge in [0.15, 0.2) is 0 Å². The maximum Gasteiger partial charge on any atom is 0.139 e. The molecule has 2 heterocycles. The van der Waals surface area contributed by atoms with Crippen molar-refractivity contribution < 1.29 is 9.13 Å². The number of fused-ring (bicyclic) bond motifs is 1. The smallest absolute Gasteiger partial charge is 0.139 e. The molecular formula is C15H17BrClFN2O. The lowest BCUT2D eigenvalue weighted by atomic mass is 9.94. The van der Waals surface area contributed by atoms with E-state index in [1.165, 1.54) is 6.07 Å². The van der Waals surface area contributed by atoms with Crippen LogP contribution in [0, 0.1) is 5.82 Å². The zero-order valence-electron chi connectivity index (χ0n) is 12.0. The zero-order chi connectivity index (χ0) is 15.2. The van der Waals surface area contributed by atoms with E-state index < -0.39 is 0 Å². The summed E-state index contributed by atoms with van der Waals surface area (Å²) < 4.78 is 22.1. The van der Waals surface area contributed by atoms with Crippen LogP contribution in [0.15, 0.2) is 16.6 Å². The maximum absolute atomic E-state index is 14.0. The molecule has 0 bridgehead atoms. The Labute approximate surface area is 136 Å². The Morgan fingerprint density at radius 3 is 2.90 bits per heavy atom. The van der Waals surface area contributed by atoms with Gasteiger partial charge in [0.05, 0.1) is 33.0 Å². The van der Waals surface area contributed by atoms with Gasteiger partial charge in [0.2, 0.25) is 0 Å². The summed E-state index contributed by atoms with van der Waals surface area (Å²) in [6.07, 6.45) is 1.94. The van der Waals surface area contributed by atoms with Crippen LogP contribution in [-0.4, -0.2) is 22.8 Å². The van der Waals surface area contributed by atoms with Crippen molar-refractivity contribution in [2.24, 2.45) is 0 Å². The lowest BCUT2D eigenvalue weighted by Crippen LogP contribution is -2.40. The van der Waals surface area contributed by atoms with Crippen molar-refractivity contribution in [2.45, 2.75) is 37.6 Å². The van der Waals surface area contributed by atoms with Crippen molar-refractivity contribution in [3.63, 3.8) is 0 Å². The molecule has 1 fully saturated rings. The van der Waals surface area contributed by atoms with E-state index >= 15 is 0 Å². The van der Waals surface area contributed by atoms with Crippen molar-refractivity contribution in [1.29, 1.82) is 0 Å². The largest absolute Gasteiger partial charge is 0.379 e. The molecule has 0 N–H and O–H groups in total. The van der Waals surface area contributed by atoms with Crippen LogP contribution in [0.1, 0.15) is 37.9 Å². The fraction of sp³-hybridized carbons (Fsp3) is 0.533. The van der Waals surface area contributed by atoms with Gasteiger partial charge < -0.3 is 9.30 Å². The monoisotopic (exact) mass is 374 g/mol. The molecule has 0 amide bonds. The minimum absolute atomic E-state index is 0.244. The number of hydrogen-bond acceptors (Lipinski definition) is 2. The molecule has 1 saturated heterocycles. The van der Waals surface area contributed by atoms with E-state index in [0.29, 0.717) is 11.1 Å². The third-order valence-electron chi connectivity index (χ3n) is 4.04. The van der Waals surface area contributed by atoms with Crippen LogP contribution in [0.3, 0.4) is 0 Å². The molecule has 3 nitrogen and oxygen atoms in total. The average molecular weight is 376 g/mol. The minimum atomic E-state index is -0.294. The predicted molar refractivity (Wildman–Crippen MR) is 85.4 cm³/mol. The first-order chi connectivity index (χ1) is 9.92. The fourth-order valence-electron chi connectivity index (χ4n) is 3.02. The molecule has 0 radical (unpaired) electrons. The Bertz CT molecular complexity index is 680. The minimum Gasteiger partial charge on any atom is -0.379 e. The average Bonchev–Trinajstić information content (AvgIpc) is 2.79. The molecule has 2 atom stereocenters. The Hall–Kier alpha value is -0.650. The number of aromatic nitrogens is 2. The van der Waals surface area contributed by atoms with Gasteiger partial charge in [-0.2, -0.15) is 0 Å². The molecule has 1 aromatic carbocycles. The molecule has 21 heavy (non-hydrogen) atoms. The van der Waals surface area contributed by atoms with Gasteiger partial charge in [-0.15, -0.1) is 11.6 Å². The number of halogens is 3. The molecule has 0 saturated carbocycles. The number of alkyl halides is 1. The van der Waals surface area contributed by atoms with E-state index in [1.54, 1.807) is 6.07 Å². The number of benzene rings is 1. The second kappa shape index (κ2) is 5.52. The van der Waals surface area contributed by atoms with Gasteiger partial charge in [-0.05, 0) is 48.7 Å². The number of imidazole rings is 1. The van der Waals surface area contributed by atoms with E-state index in [0.717, 1.165) is 36.3 Å². The molecule has 114 valence electrons. The zero-order valence-corrected chi connectivity index (χ0v) is 14.3. The number of nitrogens with zero attached hydrogens (tertiary/aromatic N) is 2. The normalized spacial score (nSPS) is 24.4. The molecule has 1 aliphatic heterocycles. The van der Waals surface area contributed by atoms with Gasteiger partial charge in [-0.25, -0.2) is 9.37 Å². The summed E-state index contributed by atoms with van der Waals surface area (Å²) in [4.78, 5) is 4.61. The van der Waals surface area contributed by atoms with Crippen LogP contribution in [0.25, 0.3) is 11.0 Å². The number of hydrogen-bond donors (Lipinski definition) is 0. The first-order valence-corrected chi connectivity index (χ1v) is 8.25. The number of ether oxygens (including phenoxy) is 1. The first kappa shape index (κ1) is 15.3. The van der Waals surface area contributed by atoms with E-state index in [9.17, 15) is 4.39 Å². The number of rotatable bonds is 2. The third kappa shape index (κ3) is 2.60. The van der Waals surface area contributed by atoms with Gasteiger partial charge in [0, 0.05) is 12.7 Å². The van der Waals surface area contributed by atoms with Crippen LogP contribution in [-0.2, 0) is 10.3 Å². The topological polar surface area (TPSA) is 27.1 Å². The van der Waals surface area contributed by atoms with Crippen molar-refractivity contribution in [1.82, 2.24) is 9.55 Å². The molecule has 0 aliphatic carbocycles. The summed E-state index contributed by atoms with van der Waals surface area (Å²) >= 11 is 9.53. The molecule has 3 rings (SSSR count). The van der Waals surface area contributed by atoms with Crippen LogP contribution >= 0.6 is 27.5 Å². The van der Waals surface area contributed by atoms with Crippen molar-refractivity contribution in [2.75, 3.05) is 13.2 Å². The summed E-state index contributed by atoms with van der Waals surface area (Å²) in [5.74, 6) is 0.468. The van der Waals surface area contributed by atoms with E-state index in [4.69, 9.17) is 16.3 Å². The van der Waals surface area contributed by atoms with Crippen LogP contribution in [0.5, 0.6) is 0 Å². The summed E-state index contributed by atoms with van der Waals surface area (Å²) in [6.45, 7) is 5.37. The van der Waals surface area contributed by atoms with Gasteiger partial charge in [-0.3, -0.25) is 0 Å². The van der Waals surface area contributed by atoms with Crippen molar-refractivity contribution in [3.05, 3.63) is 28.2 Å². The summed E-state index contributed by atoms with van der Waals surface area (Å²) in [5, 5.41) is -0.252. The Morgan fingerprint density at radius 1 is 1.52 bits per heavy atom. The second-order valence-corrected chi connectivity index (χ2v) is 7.34. The second-order valence-electron chi connectivity index (χ2n) is 5.83. The lowest BCUT2D eigenvalue weighted by molar-refractivity contribution is 0.0101. The van der Waals surface area contributed by atoms with Crippen molar-refractivity contribution >= 4 is 38.6 Å². The maximum atomic E-state index is 14.0. The van der Waals surface area contributed by atoms with Crippen LogP contribution in [0.4, 0.5) is 4.39 Å². The summed E-state index contributed by atoms with van der Waals surface area (Å²) in [6, 6.07) is 3.23. The van der Waals surface area contributed by atoms with Crippen LogP contribution < -0.4 is 0 Å². The van der Waals surface area contributed by atoms with Gasteiger partial charge in [-0.1, -0.05) is 0 Å². The molecule has 6 heteroatoms. The van der Waals surface area contributed by atoms with Crippen molar-refractivity contribution in [3.8, 4) is 0 Å². The predicted octanol–water partition coefficient (Wildman–Crippen LogP) is 4.76. The highest BCUT2D eigenvalue weighted by Crippen LogP contribution is 2.36. The molecule has 1 aromatic heterocycles. The molecule has 0 spiro atoms. The molecular weight excluding hydrogens is 359 g/mol. The lowest BCUT2D eigenvalue weighted by Gasteiger charge is -2.37. The highest BCUT2D eigenvalue weighted by Gasteiger charge is 2.34. The van der Waals surface area contributed by atoms with Gasteiger partial charge in [0.1, 0.15) is 11.6 Å². The fourth-order valence-corrected chi connectivity index (χ4v) is 3.50. The highest BCUT2D eigenvalue weighted by molar-refractivity contribution is 9.10. The SMILES string of the molecule is CC(Cl)c1nc2cc(Br)c(F)cc2n1C1(C)CCCOC1.